The lowest BCUT2D eigenvalue weighted by molar-refractivity contribution is 0.0600. The van der Waals surface area contributed by atoms with Crippen molar-refractivity contribution in [2.45, 2.75) is 6.54 Å². The molecule has 2 N–H and O–H groups in total. The Hall–Kier alpha value is -2.83. The number of nitrogens with two attached hydrogens (primary N) is 1. The molecule has 0 fully saturated rings. The number of hydrogen-bond acceptors (Lipinski definition) is 5. The first-order valence-electron chi connectivity index (χ1n) is 6.18. The Morgan fingerprint density at radius 1 is 1.29 bits per heavy atom. The summed E-state index contributed by atoms with van der Waals surface area (Å²) in [6.45, 7) is -0.0538. The molecule has 0 unspecified atom stereocenters. The van der Waals surface area contributed by atoms with Crippen molar-refractivity contribution < 1.29 is 9.53 Å². The highest BCUT2D eigenvalue weighted by molar-refractivity contribution is 5.96. The second-order valence-electron chi connectivity index (χ2n) is 4.51. The van der Waals surface area contributed by atoms with Crippen LogP contribution >= 0.6 is 0 Å². The monoisotopic (exact) mass is 289 g/mol. The topological polar surface area (TPSA) is 96.3 Å². The molecule has 0 aliphatic carbocycles. The Labute approximate surface area is 120 Å². The number of carbonyl (C=O) groups is 1. The molecule has 0 spiro atoms. The number of esters is 1. The van der Waals surface area contributed by atoms with E-state index < -0.39 is 17.2 Å². The Balaban J connectivity index is 2.59. The summed E-state index contributed by atoms with van der Waals surface area (Å²) >= 11 is 0. The van der Waals surface area contributed by atoms with Crippen molar-refractivity contribution in [3.8, 4) is 0 Å². The first-order valence-corrected chi connectivity index (χ1v) is 6.18. The largest absolute Gasteiger partial charge is 0.465 e. The van der Waals surface area contributed by atoms with Gasteiger partial charge >= 0.3 is 11.7 Å². The average Bonchev–Trinajstić information content (AvgIpc) is 2.47. The minimum absolute atomic E-state index is 0.0538. The highest BCUT2D eigenvalue weighted by atomic mass is 16.5. The smallest absolute Gasteiger partial charge is 0.340 e. The number of benzene rings is 1. The molecule has 1 heterocycles. The highest BCUT2D eigenvalue weighted by Crippen LogP contribution is 2.18. The van der Waals surface area contributed by atoms with Gasteiger partial charge in [0.2, 0.25) is 0 Å². The number of anilines is 1. The quantitative estimate of drug-likeness (QED) is 0.632. The molecule has 0 amide bonds. The predicted octanol–water partition coefficient (Wildman–Crippen LogP) is -0.0359. The second kappa shape index (κ2) is 5.66. The van der Waals surface area contributed by atoms with E-state index in [1.165, 1.54) is 23.9 Å². The molecule has 0 saturated heterocycles. The number of carbonyl (C=O) groups excluding carboxylic acids is 1. The van der Waals surface area contributed by atoms with E-state index in [-0.39, 0.29) is 17.8 Å². The number of hydrogen-bond donors (Lipinski definition) is 1. The predicted molar refractivity (Wildman–Crippen MR) is 77.2 cm³/mol. The zero-order valence-electron chi connectivity index (χ0n) is 11.7. The molecular weight excluding hydrogens is 274 g/mol. The first-order chi connectivity index (χ1) is 9.95. The summed E-state index contributed by atoms with van der Waals surface area (Å²) in [5, 5.41) is 0. The molecule has 21 heavy (non-hydrogen) atoms. The summed E-state index contributed by atoms with van der Waals surface area (Å²) in [6, 6.07) is 6.12. The standard InChI is InChI=1S/C14H15N3O4/c1-16-7-6-11(18)17(14(16)20)8-9-4-3-5-10(15)12(9)13(19)21-2/h3-7H,8,15H2,1-2H3. The molecule has 0 bridgehead atoms. The van der Waals surface area contributed by atoms with Crippen molar-refractivity contribution >= 4 is 11.7 Å². The van der Waals surface area contributed by atoms with Crippen molar-refractivity contribution in [3.05, 3.63) is 62.4 Å². The van der Waals surface area contributed by atoms with Crippen LogP contribution in [0.2, 0.25) is 0 Å². The van der Waals surface area contributed by atoms with E-state index >= 15 is 0 Å². The van der Waals surface area contributed by atoms with Gasteiger partial charge in [-0.05, 0) is 11.6 Å². The van der Waals surface area contributed by atoms with Crippen LogP contribution in [-0.4, -0.2) is 22.2 Å². The summed E-state index contributed by atoms with van der Waals surface area (Å²) in [6.07, 6.45) is 1.39. The van der Waals surface area contributed by atoms with E-state index in [9.17, 15) is 14.4 Å². The molecule has 2 aromatic rings. The van der Waals surface area contributed by atoms with Crippen LogP contribution in [0.1, 0.15) is 15.9 Å². The number of methoxy groups -OCH3 is 1. The van der Waals surface area contributed by atoms with Crippen LogP contribution in [0.15, 0.2) is 40.1 Å². The molecule has 0 atom stereocenters. The van der Waals surface area contributed by atoms with Crippen LogP contribution in [0.5, 0.6) is 0 Å². The minimum Gasteiger partial charge on any atom is -0.465 e. The van der Waals surface area contributed by atoms with Crippen molar-refractivity contribution in [1.29, 1.82) is 0 Å². The average molecular weight is 289 g/mol. The van der Waals surface area contributed by atoms with Crippen LogP contribution in [0, 0.1) is 0 Å². The summed E-state index contributed by atoms with van der Waals surface area (Å²) in [5.41, 5.74) is 5.72. The van der Waals surface area contributed by atoms with Crippen molar-refractivity contribution in [3.63, 3.8) is 0 Å². The zero-order chi connectivity index (χ0) is 15.6. The van der Waals surface area contributed by atoms with Crippen LogP contribution in [0.3, 0.4) is 0 Å². The van der Waals surface area contributed by atoms with Gasteiger partial charge in [0, 0.05) is 25.0 Å². The molecule has 0 aliphatic heterocycles. The molecule has 7 nitrogen and oxygen atoms in total. The molecule has 7 heteroatoms. The van der Waals surface area contributed by atoms with Gasteiger partial charge in [-0.25, -0.2) is 9.59 Å². The number of rotatable bonds is 3. The van der Waals surface area contributed by atoms with Gasteiger partial charge in [-0.1, -0.05) is 12.1 Å². The molecule has 1 aromatic carbocycles. The fourth-order valence-corrected chi connectivity index (χ4v) is 2.03. The molecule has 1 aromatic heterocycles. The minimum atomic E-state index is -0.607. The maximum absolute atomic E-state index is 12.0. The Morgan fingerprint density at radius 3 is 2.67 bits per heavy atom. The Kier molecular flexibility index (Phi) is 3.93. The molecule has 0 aliphatic rings. The lowest BCUT2D eigenvalue weighted by atomic mass is 10.1. The van der Waals surface area contributed by atoms with E-state index in [1.54, 1.807) is 25.2 Å². The zero-order valence-corrected chi connectivity index (χ0v) is 11.7. The van der Waals surface area contributed by atoms with Gasteiger partial charge in [0.1, 0.15) is 0 Å². The van der Waals surface area contributed by atoms with E-state index in [1.807, 2.05) is 0 Å². The highest BCUT2D eigenvalue weighted by Gasteiger charge is 2.16. The molecule has 110 valence electrons. The van der Waals surface area contributed by atoms with Gasteiger partial charge in [-0.15, -0.1) is 0 Å². The number of nitrogens with zero attached hydrogens (tertiary/aromatic N) is 2. The third-order valence-corrected chi connectivity index (χ3v) is 3.14. The van der Waals surface area contributed by atoms with E-state index in [2.05, 4.69) is 0 Å². The Morgan fingerprint density at radius 2 is 2.00 bits per heavy atom. The maximum Gasteiger partial charge on any atom is 0.340 e. The summed E-state index contributed by atoms with van der Waals surface area (Å²) < 4.78 is 7.00. The summed E-state index contributed by atoms with van der Waals surface area (Å²) in [5.74, 6) is -0.607. The van der Waals surface area contributed by atoms with E-state index in [0.717, 1.165) is 4.57 Å². The molecule has 0 radical (unpaired) electrons. The third-order valence-electron chi connectivity index (χ3n) is 3.14. The van der Waals surface area contributed by atoms with Crippen LogP contribution in [-0.2, 0) is 18.3 Å². The van der Waals surface area contributed by atoms with Crippen LogP contribution in [0.25, 0.3) is 0 Å². The van der Waals surface area contributed by atoms with Crippen LogP contribution < -0.4 is 17.0 Å². The maximum atomic E-state index is 12.0. The van der Waals surface area contributed by atoms with Crippen molar-refractivity contribution in [2.24, 2.45) is 7.05 Å². The molecular formula is C14H15N3O4. The normalized spacial score (nSPS) is 10.4. The lowest BCUT2D eigenvalue weighted by Gasteiger charge is -2.12. The first kappa shape index (κ1) is 14.6. The van der Waals surface area contributed by atoms with Gasteiger partial charge in [-0.3, -0.25) is 9.36 Å². The van der Waals surface area contributed by atoms with Gasteiger partial charge in [0.05, 0.1) is 19.2 Å². The SMILES string of the molecule is COC(=O)c1c(N)cccc1Cn1c(=O)ccn(C)c1=O. The lowest BCUT2D eigenvalue weighted by Crippen LogP contribution is -2.38. The van der Waals surface area contributed by atoms with Crippen LogP contribution in [0.4, 0.5) is 5.69 Å². The molecule has 0 saturated carbocycles. The van der Waals surface area contributed by atoms with Crippen molar-refractivity contribution in [2.75, 3.05) is 12.8 Å². The number of nitrogen functional groups attached to an aromatic ring is 1. The fraction of sp³-hybridized carbons (Fsp3) is 0.214. The van der Waals surface area contributed by atoms with Gasteiger partial charge in [0.15, 0.2) is 0 Å². The fourth-order valence-electron chi connectivity index (χ4n) is 2.03. The number of aryl methyl sites for hydroxylation is 1. The van der Waals surface area contributed by atoms with Gasteiger partial charge < -0.3 is 15.0 Å². The Bertz CT molecular complexity index is 805. The number of ether oxygens (including phenoxy) is 1. The summed E-state index contributed by atoms with van der Waals surface area (Å²) in [7, 11) is 2.78. The summed E-state index contributed by atoms with van der Waals surface area (Å²) in [4.78, 5) is 35.7. The van der Waals surface area contributed by atoms with E-state index in [4.69, 9.17) is 10.5 Å². The molecule has 2 rings (SSSR count). The van der Waals surface area contributed by atoms with Gasteiger partial charge in [0.25, 0.3) is 5.56 Å². The third kappa shape index (κ3) is 2.71. The van der Waals surface area contributed by atoms with Crippen molar-refractivity contribution in [1.82, 2.24) is 9.13 Å². The number of aromatic nitrogens is 2. The van der Waals surface area contributed by atoms with E-state index in [0.29, 0.717) is 5.56 Å². The second-order valence-corrected chi connectivity index (χ2v) is 4.51. The van der Waals surface area contributed by atoms with Gasteiger partial charge in [-0.2, -0.15) is 0 Å².